The number of carbonyl (C=O) groups excluding carboxylic acids is 7. The minimum atomic E-state index is -1.26. The molecule has 3 aliphatic rings. The number of hydrogen-bond acceptors (Lipinski definition) is 8. The van der Waals surface area contributed by atoms with Gasteiger partial charge in [-0.2, -0.15) is 0 Å². The summed E-state index contributed by atoms with van der Waals surface area (Å²) in [5.74, 6) is -5.12. The third kappa shape index (κ3) is 8.41. The van der Waals surface area contributed by atoms with Gasteiger partial charge in [0, 0.05) is 31.1 Å². The average Bonchev–Trinajstić information content (AvgIpc) is 3.65. The SMILES string of the molecule is CC(=O)/C=C(\N)C(=O)NC(C(=O)N1CC2(CCCC2)CC1C(=O)NC(CC1CCNC1=O)C(=O)C(=O)NC(C)C)C(C)C. The first-order chi connectivity index (χ1) is 20.1. The molecule has 43 heavy (non-hydrogen) atoms. The Morgan fingerprint density at radius 2 is 1.67 bits per heavy atom. The molecule has 2 heterocycles. The van der Waals surface area contributed by atoms with Crippen LogP contribution in [0.1, 0.15) is 79.6 Å². The van der Waals surface area contributed by atoms with Gasteiger partial charge < -0.3 is 31.9 Å². The van der Waals surface area contributed by atoms with Crippen LogP contribution in [0.4, 0.5) is 0 Å². The van der Waals surface area contributed by atoms with E-state index in [-0.39, 0.29) is 35.4 Å². The first-order valence-electron chi connectivity index (χ1n) is 15.2. The minimum Gasteiger partial charge on any atom is -0.394 e. The lowest BCUT2D eigenvalue weighted by Gasteiger charge is -2.31. The van der Waals surface area contributed by atoms with Crippen LogP contribution in [0.25, 0.3) is 0 Å². The number of amides is 5. The fourth-order valence-electron chi connectivity index (χ4n) is 6.36. The van der Waals surface area contributed by atoms with Gasteiger partial charge in [-0.25, -0.2) is 0 Å². The van der Waals surface area contributed by atoms with Crippen molar-refractivity contribution in [3.8, 4) is 0 Å². The molecule has 0 bridgehead atoms. The number of likely N-dealkylation sites (tertiary alicyclic amines) is 1. The molecule has 238 valence electrons. The van der Waals surface area contributed by atoms with E-state index >= 15 is 0 Å². The number of hydrogen-bond donors (Lipinski definition) is 5. The molecule has 6 N–H and O–H groups in total. The van der Waals surface area contributed by atoms with E-state index in [1.54, 1.807) is 27.7 Å². The maximum absolute atomic E-state index is 14.0. The van der Waals surface area contributed by atoms with Crippen LogP contribution in [-0.2, 0) is 33.6 Å². The molecule has 5 amide bonds. The molecular formula is C30H46N6O7. The number of nitrogens with two attached hydrogens (primary N) is 1. The molecule has 4 atom stereocenters. The zero-order chi connectivity index (χ0) is 32.1. The predicted octanol–water partition coefficient (Wildman–Crippen LogP) is -0.175. The molecule has 0 aromatic heterocycles. The lowest BCUT2D eigenvalue weighted by molar-refractivity contribution is -0.144. The summed E-state index contributed by atoms with van der Waals surface area (Å²) in [4.78, 5) is 91.7. The topological polar surface area (TPSA) is 197 Å². The smallest absolute Gasteiger partial charge is 0.289 e. The molecule has 3 fully saturated rings. The molecular weight excluding hydrogens is 556 g/mol. The molecule has 0 radical (unpaired) electrons. The highest BCUT2D eigenvalue weighted by Gasteiger charge is 2.51. The van der Waals surface area contributed by atoms with E-state index in [2.05, 4.69) is 21.3 Å². The zero-order valence-electron chi connectivity index (χ0n) is 25.8. The van der Waals surface area contributed by atoms with E-state index in [0.29, 0.717) is 25.9 Å². The zero-order valence-corrected chi connectivity index (χ0v) is 25.8. The molecule has 13 heteroatoms. The first-order valence-corrected chi connectivity index (χ1v) is 15.2. The lowest BCUT2D eigenvalue weighted by Crippen LogP contribution is -2.58. The molecule has 0 aromatic carbocycles. The van der Waals surface area contributed by atoms with Crippen molar-refractivity contribution in [2.45, 2.75) is 104 Å². The maximum atomic E-state index is 14.0. The molecule has 13 nitrogen and oxygen atoms in total. The van der Waals surface area contributed by atoms with E-state index in [1.165, 1.54) is 11.8 Å². The number of nitrogens with one attached hydrogen (secondary N) is 4. The summed E-state index contributed by atoms with van der Waals surface area (Å²) in [6.45, 7) is 8.91. The Labute approximate surface area is 252 Å². The number of nitrogens with zero attached hydrogens (tertiary/aromatic N) is 1. The van der Waals surface area contributed by atoms with Crippen LogP contribution in [0.3, 0.4) is 0 Å². The van der Waals surface area contributed by atoms with E-state index in [9.17, 15) is 33.6 Å². The number of carbonyl (C=O) groups is 7. The van der Waals surface area contributed by atoms with Crippen LogP contribution in [0, 0.1) is 17.3 Å². The summed E-state index contributed by atoms with van der Waals surface area (Å²) < 4.78 is 0. The van der Waals surface area contributed by atoms with Crippen LogP contribution in [0.15, 0.2) is 11.8 Å². The van der Waals surface area contributed by atoms with E-state index in [0.717, 1.165) is 31.8 Å². The van der Waals surface area contributed by atoms with Gasteiger partial charge in [0.2, 0.25) is 23.5 Å². The monoisotopic (exact) mass is 602 g/mol. The van der Waals surface area contributed by atoms with Crippen LogP contribution in [0.2, 0.25) is 0 Å². The number of allylic oxidation sites excluding steroid dienone is 1. The summed E-state index contributed by atoms with van der Waals surface area (Å²) in [5.41, 5.74) is 5.14. The second-order valence-corrected chi connectivity index (χ2v) is 12.9. The average molecular weight is 603 g/mol. The van der Waals surface area contributed by atoms with Gasteiger partial charge in [0.1, 0.15) is 17.8 Å². The van der Waals surface area contributed by atoms with Crippen molar-refractivity contribution in [2.24, 2.45) is 23.0 Å². The van der Waals surface area contributed by atoms with E-state index in [4.69, 9.17) is 5.73 Å². The molecule has 1 saturated carbocycles. The van der Waals surface area contributed by atoms with Crippen LogP contribution >= 0.6 is 0 Å². The number of ketones is 2. The second kappa shape index (κ2) is 14.1. The van der Waals surface area contributed by atoms with Crippen LogP contribution < -0.4 is 27.0 Å². The summed E-state index contributed by atoms with van der Waals surface area (Å²) in [6.07, 6.45) is 5.36. The van der Waals surface area contributed by atoms with Gasteiger partial charge in [-0.1, -0.05) is 26.7 Å². The summed E-state index contributed by atoms with van der Waals surface area (Å²) in [7, 11) is 0. The van der Waals surface area contributed by atoms with Gasteiger partial charge in [-0.3, -0.25) is 33.6 Å². The van der Waals surface area contributed by atoms with Gasteiger partial charge in [-0.05, 0) is 64.2 Å². The van der Waals surface area contributed by atoms with Crippen molar-refractivity contribution in [2.75, 3.05) is 13.1 Å². The van der Waals surface area contributed by atoms with Gasteiger partial charge in [0.15, 0.2) is 5.78 Å². The van der Waals surface area contributed by atoms with Crippen molar-refractivity contribution in [1.29, 1.82) is 0 Å². The Bertz CT molecular complexity index is 1170. The Morgan fingerprint density at radius 3 is 2.21 bits per heavy atom. The molecule has 1 aliphatic carbocycles. The molecule has 2 aliphatic heterocycles. The third-order valence-corrected chi connectivity index (χ3v) is 8.56. The Balaban J connectivity index is 1.88. The molecule has 3 rings (SSSR count). The normalized spacial score (nSPS) is 22.8. The highest BCUT2D eigenvalue weighted by molar-refractivity contribution is 6.38. The highest BCUT2D eigenvalue weighted by atomic mass is 16.2. The Hall–Kier alpha value is -3.77. The van der Waals surface area contributed by atoms with E-state index < -0.39 is 59.2 Å². The molecule has 1 spiro atoms. The van der Waals surface area contributed by atoms with Crippen molar-refractivity contribution < 1.29 is 33.6 Å². The van der Waals surface area contributed by atoms with Crippen molar-refractivity contribution in [1.82, 2.24) is 26.2 Å². The summed E-state index contributed by atoms with van der Waals surface area (Å²) in [6, 6.07) is -3.55. The number of rotatable bonds is 12. The quantitative estimate of drug-likeness (QED) is 0.150. The predicted molar refractivity (Wildman–Crippen MR) is 157 cm³/mol. The second-order valence-electron chi connectivity index (χ2n) is 12.9. The van der Waals surface area contributed by atoms with Crippen LogP contribution in [-0.4, -0.2) is 83.3 Å². The van der Waals surface area contributed by atoms with Gasteiger partial charge in [0.05, 0.1) is 6.04 Å². The fourth-order valence-corrected chi connectivity index (χ4v) is 6.36. The van der Waals surface area contributed by atoms with Gasteiger partial charge >= 0.3 is 0 Å². The third-order valence-electron chi connectivity index (χ3n) is 8.56. The largest absolute Gasteiger partial charge is 0.394 e. The highest BCUT2D eigenvalue weighted by Crippen LogP contribution is 2.48. The van der Waals surface area contributed by atoms with Gasteiger partial charge in [0.25, 0.3) is 11.8 Å². The molecule has 0 aromatic rings. The Kier molecular flexibility index (Phi) is 11.1. The van der Waals surface area contributed by atoms with Crippen molar-refractivity contribution in [3.05, 3.63) is 11.8 Å². The minimum absolute atomic E-state index is 0.0415. The van der Waals surface area contributed by atoms with Crippen molar-refractivity contribution >= 4 is 41.1 Å². The fraction of sp³-hybridized carbons (Fsp3) is 0.700. The van der Waals surface area contributed by atoms with Crippen LogP contribution in [0.5, 0.6) is 0 Å². The van der Waals surface area contributed by atoms with Crippen molar-refractivity contribution in [3.63, 3.8) is 0 Å². The first kappa shape index (κ1) is 33.7. The number of Topliss-reactive ketones (excluding diaryl/α,β-unsaturated/α-hetero) is 1. The molecule has 4 unspecified atom stereocenters. The standard InChI is InChI=1S/C30H46N6O7/c1-16(2)23(35-26(40)20(31)12-18(5)37)29(43)36-15-30(9-6-7-10-30)14-22(36)27(41)34-21(13-19-8-11-32-25(19)39)24(38)28(42)33-17(3)4/h12,16-17,19,21-23H,6-11,13-15,31H2,1-5H3,(H,32,39)(H,33,42)(H,34,41)(H,35,40)/b20-12-. The Morgan fingerprint density at radius 1 is 1.02 bits per heavy atom. The maximum Gasteiger partial charge on any atom is 0.289 e. The lowest BCUT2D eigenvalue weighted by atomic mass is 9.83. The summed E-state index contributed by atoms with van der Waals surface area (Å²) >= 11 is 0. The van der Waals surface area contributed by atoms with E-state index in [1.807, 2.05) is 0 Å². The van der Waals surface area contributed by atoms with Gasteiger partial charge in [-0.15, -0.1) is 0 Å². The molecule has 2 saturated heterocycles. The summed E-state index contributed by atoms with van der Waals surface area (Å²) in [5, 5.41) is 10.6.